The van der Waals surface area contributed by atoms with Crippen molar-refractivity contribution in [2.75, 3.05) is 0 Å². The molecule has 0 radical (unpaired) electrons. The minimum Gasteiger partial charge on any atom is -0.0622 e. The molecule has 0 heteroatoms. The molecule has 0 aromatic carbocycles. The molecule has 0 saturated heterocycles. The Morgan fingerprint density at radius 3 is 1.97 bits per heavy atom. The number of hydrogen-bond donors (Lipinski definition) is 0. The van der Waals surface area contributed by atoms with E-state index >= 15 is 0 Å². The van der Waals surface area contributed by atoms with Gasteiger partial charge in [-0.2, -0.15) is 0 Å². The molecule has 6 aliphatic rings. The van der Waals surface area contributed by atoms with Crippen LogP contribution in [0.15, 0.2) is 0 Å². The van der Waals surface area contributed by atoms with E-state index in [1.54, 1.807) is 57.8 Å². The molecule has 0 aromatic rings. The molecule has 0 aliphatic heterocycles. The minimum atomic E-state index is 0.444. The van der Waals surface area contributed by atoms with E-state index in [0.717, 1.165) is 40.9 Å². The van der Waals surface area contributed by atoms with Crippen molar-refractivity contribution in [3.8, 4) is 0 Å². The van der Waals surface area contributed by atoms with Gasteiger partial charge in [0.05, 0.1) is 0 Å². The summed E-state index contributed by atoms with van der Waals surface area (Å²) in [7, 11) is 0. The number of rotatable bonds is 4. The van der Waals surface area contributed by atoms with Gasteiger partial charge in [-0.05, 0) is 177 Å². The Morgan fingerprint density at radius 1 is 0.676 bits per heavy atom. The maximum absolute atomic E-state index is 2.80. The fraction of sp³-hybridized carbons (Fsp3) is 1.00. The standard InChI is InChI=1S/C37H64/c1-26(13-15-33(5)17-21-37(22-18-33)23-24-37)29-11-12-30-28-10-9-27-25-34(6,32(2,3)4)19-20-35(27,7)31(28)14-16-36(29,30)8/h26-31H,9-25H2,1-8H3/t26-,27+,28+,29-,30+,31+,34-,35+,36-/m1/s1. The maximum atomic E-state index is 2.80. The third-order valence-corrected chi connectivity index (χ3v) is 16.2. The van der Waals surface area contributed by atoms with E-state index in [9.17, 15) is 0 Å². The average molecular weight is 509 g/mol. The van der Waals surface area contributed by atoms with Gasteiger partial charge < -0.3 is 0 Å². The molecular formula is C37H64. The predicted molar refractivity (Wildman–Crippen MR) is 159 cm³/mol. The van der Waals surface area contributed by atoms with Crippen molar-refractivity contribution < 1.29 is 0 Å². The molecule has 37 heavy (non-hydrogen) atoms. The van der Waals surface area contributed by atoms with Crippen LogP contribution in [0.1, 0.15) is 165 Å². The lowest BCUT2D eigenvalue weighted by Gasteiger charge is -2.64. The summed E-state index contributed by atoms with van der Waals surface area (Å²) in [6.45, 7) is 21.1. The highest BCUT2D eigenvalue weighted by atomic mass is 14.7. The van der Waals surface area contributed by atoms with Gasteiger partial charge in [0.15, 0.2) is 0 Å². The molecule has 0 heterocycles. The molecule has 6 saturated carbocycles. The van der Waals surface area contributed by atoms with Crippen molar-refractivity contribution in [1.82, 2.24) is 0 Å². The fourth-order valence-electron chi connectivity index (χ4n) is 12.2. The smallest absolute Gasteiger partial charge is 0.0264 e. The van der Waals surface area contributed by atoms with Crippen molar-refractivity contribution >= 4 is 0 Å². The first kappa shape index (κ1) is 27.2. The molecule has 0 N–H and O–H groups in total. The van der Waals surface area contributed by atoms with Crippen molar-refractivity contribution in [2.45, 2.75) is 165 Å². The molecule has 9 atom stereocenters. The van der Waals surface area contributed by atoms with Crippen LogP contribution in [0.3, 0.4) is 0 Å². The zero-order valence-electron chi connectivity index (χ0n) is 26.5. The summed E-state index contributed by atoms with van der Waals surface area (Å²) in [6.07, 6.45) is 26.1. The number of hydrogen-bond acceptors (Lipinski definition) is 0. The van der Waals surface area contributed by atoms with Crippen LogP contribution in [0.5, 0.6) is 0 Å². The summed E-state index contributed by atoms with van der Waals surface area (Å²) in [5, 5.41) is 0. The molecule has 0 nitrogen and oxygen atoms in total. The van der Waals surface area contributed by atoms with E-state index in [0.29, 0.717) is 27.1 Å². The number of fused-ring (bicyclic) bond motifs is 5. The minimum absolute atomic E-state index is 0.444. The van der Waals surface area contributed by atoms with Crippen LogP contribution in [-0.2, 0) is 0 Å². The summed E-state index contributed by atoms with van der Waals surface area (Å²) in [4.78, 5) is 0. The van der Waals surface area contributed by atoms with Crippen LogP contribution >= 0.6 is 0 Å². The van der Waals surface area contributed by atoms with E-state index in [2.05, 4.69) is 55.4 Å². The van der Waals surface area contributed by atoms with Gasteiger partial charge in [-0.3, -0.25) is 0 Å². The first-order chi connectivity index (χ1) is 17.2. The Bertz CT molecular complexity index is 846. The van der Waals surface area contributed by atoms with Gasteiger partial charge in [0.1, 0.15) is 0 Å². The molecule has 0 aromatic heterocycles. The first-order valence-corrected chi connectivity index (χ1v) is 17.2. The summed E-state index contributed by atoms with van der Waals surface area (Å²) in [5.74, 6) is 6.03. The van der Waals surface area contributed by atoms with Crippen LogP contribution in [0.2, 0.25) is 0 Å². The molecule has 6 fully saturated rings. The summed E-state index contributed by atoms with van der Waals surface area (Å²) < 4.78 is 0. The second kappa shape index (κ2) is 8.75. The molecule has 0 amide bonds. The van der Waals surface area contributed by atoms with Gasteiger partial charge in [0.25, 0.3) is 0 Å². The van der Waals surface area contributed by atoms with Crippen molar-refractivity contribution in [1.29, 1.82) is 0 Å². The van der Waals surface area contributed by atoms with E-state index in [1.807, 2.05) is 0 Å². The van der Waals surface area contributed by atoms with Crippen LogP contribution in [-0.4, -0.2) is 0 Å². The van der Waals surface area contributed by atoms with Crippen LogP contribution in [0.4, 0.5) is 0 Å². The third-order valence-electron chi connectivity index (χ3n) is 16.2. The molecule has 6 rings (SSSR count). The van der Waals surface area contributed by atoms with E-state index < -0.39 is 0 Å². The van der Waals surface area contributed by atoms with Crippen molar-refractivity contribution in [2.24, 2.45) is 68.0 Å². The largest absolute Gasteiger partial charge is 0.0622 e. The first-order valence-electron chi connectivity index (χ1n) is 17.2. The second-order valence-electron chi connectivity index (χ2n) is 18.7. The molecule has 0 bridgehead atoms. The van der Waals surface area contributed by atoms with Gasteiger partial charge >= 0.3 is 0 Å². The third kappa shape index (κ3) is 4.33. The van der Waals surface area contributed by atoms with Gasteiger partial charge in [-0.15, -0.1) is 0 Å². The zero-order valence-corrected chi connectivity index (χ0v) is 26.5. The quantitative estimate of drug-likeness (QED) is 0.354. The zero-order chi connectivity index (χ0) is 26.5. The van der Waals surface area contributed by atoms with Crippen molar-refractivity contribution in [3.05, 3.63) is 0 Å². The lowest BCUT2D eigenvalue weighted by Crippen LogP contribution is -2.55. The Morgan fingerprint density at radius 2 is 1.32 bits per heavy atom. The highest BCUT2D eigenvalue weighted by Gasteiger charge is 2.62. The van der Waals surface area contributed by atoms with E-state index in [1.165, 1.54) is 51.4 Å². The van der Waals surface area contributed by atoms with E-state index in [4.69, 9.17) is 0 Å². The van der Waals surface area contributed by atoms with Gasteiger partial charge in [0.2, 0.25) is 0 Å². The highest BCUT2D eigenvalue weighted by Crippen LogP contribution is 2.70. The molecule has 0 unspecified atom stereocenters. The second-order valence-corrected chi connectivity index (χ2v) is 18.7. The summed E-state index contributed by atoms with van der Waals surface area (Å²) in [5.41, 5.74) is 3.76. The molecule has 212 valence electrons. The SMILES string of the molecule is C[C@H](CCC1(C)CCC2(CC1)CC2)[C@H]1CC[C@H]2[C@@H]3CC[C@H]4C[C@](C)(C(C)(C)C)CC[C@]4(C)[C@H]3CC[C@]12C. The average Bonchev–Trinajstić information content (AvgIpc) is 3.51. The van der Waals surface area contributed by atoms with Gasteiger partial charge in [0, 0.05) is 0 Å². The molecular weight excluding hydrogens is 444 g/mol. The van der Waals surface area contributed by atoms with Crippen LogP contribution in [0.25, 0.3) is 0 Å². The topological polar surface area (TPSA) is 0 Å². The predicted octanol–water partition coefficient (Wildman–Crippen LogP) is 11.5. The monoisotopic (exact) mass is 509 g/mol. The van der Waals surface area contributed by atoms with Gasteiger partial charge in [-0.1, -0.05) is 55.4 Å². The molecule has 6 aliphatic carbocycles. The highest BCUT2D eigenvalue weighted by molar-refractivity contribution is 5.11. The lowest BCUT2D eigenvalue weighted by molar-refractivity contribution is -0.145. The Labute approximate surface area is 232 Å². The Kier molecular flexibility index (Phi) is 6.43. The molecule has 1 spiro atoms. The van der Waals surface area contributed by atoms with Crippen molar-refractivity contribution in [3.63, 3.8) is 0 Å². The normalized spacial score (nSPS) is 49.1. The van der Waals surface area contributed by atoms with Crippen LogP contribution in [0, 0.1) is 68.0 Å². The summed E-state index contributed by atoms with van der Waals surface area (Å²) >= 11 is 0. The Hall–Kier alpha value is 0. The fourth-order valence-corrected chi connectivity index (χ4v) is 12.2. The summed E-state index contributed by atoms with van der Waals surface area (Å²) in [6, 6.07) is 0. The maximum Gasteiger partial charge on any atom is -0.0264 e. The lowest BCUT2D eigenvalue weighted by atomic mass is 9.41. The van der Waals surface area contributed by atoms with Gasteiger partial charge in [-0.25, -0.2) is 0 Å². The van der Waals surface area contributed by atoms with E-state index in [-0.39, 0.29) is 0 Å². The van der Waals surface area contributed by atoms with Crippen LogP contribution < -0.4 is 0 Å². The Balaban J connectivity index is 1.11.